The van der Waals surface area contributed by atoms with E-state index in [9.17, 15) is 4.79 Å². The van der Waals surface area contributed by atoms with Crippen molar-refractivity contribution in [2.24, 2.45) is 7.05 Å². The van der Waals surface area contributed by atoms with Crippen LogP contribution in [0.1, 0.15) is 33.6 Å². The van der Waals surface area contributed by atoms with Gasteiger partial charge in [-0.25, -0.2) is 0 Å². The van der Waals surface area contributed by atoms with Gasteiger partial charge in [0.05, 0.1) is 44.5 Å². The molecule has 0 spiro atoms. The second-order valence-electron chi connectivity index (χ2n) is 11.4. The molecule has 3 aromatic carbocycles. The molecule has 8 nitrogen and oxygen atoms in total. The minimum absolute atomic E-state index is 0.143. The average Bonchev–Trinajstić information content (AvgIpc) is 3.34. The molecule has 2 aliphatic rings. The molecule has 0 N–H and O–H groups in total. The number of halogens is 2. The molecule has 44 heavy (non-hydrogen) atoms. The molecule has 0 aliphatic carbocycles. The maximum absolute atomic E-state index is 14.0. The van der Waals surface area contributed by atoms with Gasteiger partial charge >= 0.3 is 0 Å². The number of hydrogen-bond donors (Lipinski definition) is 0. The highest BCUT2D eigenvalue weighted by Gasteiger charge is 2.41. The van der Waals surface area contributed by atoms with Crippen LogP contribution >= 0.6 is 23.2 Å². The van der Waals surface area contributed by atoms with E-state index >= 15 is 0 Å². The third kappa shape index (κ3) is 5.49. The Hall–Kier alpha value is -3.43. The molecule has 0 radical (unpaired) electrons. The Morgan fingerprint density at radius 2 is 1.70 bits per heavy atom. The molecule has 1 saturated heterocycles. The number of fused-ring (bicyclic) bond motifs is 3. The summed E-state index contributed by atoms with van der Waals surface area (Å²) < 4.78 is 25.5. The van der Waals surface area contributed by atoms with Gasteiger partial charge in [0.1, 0.15) is 5.60 Å². The summed E-state index contributed by atoms with van der Waals surface area (Å²) >= 11 is 12.8. The van der Waals surface area contributed by atoms with Crippen molar-refractivity contribution in [1.82, 2.24) is 14.4 Å². The van der Waals surface area contributed by atoms with Crippen molar-refractivity contribution in [3.63, 3.8) is 0 Å². The van der Waals surface area contributed by atoms with Crippen LogP contribution < -0.4 is 14.2 Å². The highest BCUT2D eigenvalue weighted by Crippen LogP contribution is 2.41. The first-order valence-electron chi connectivity index (χ1n) is 14.7. The largest absolute Gasteiger partial charge is 0.493 e. The number of para-hydroxylation sites is 1. The Balaban J connectivity index is 1.29. The predicted octanol–water partition coefficient (Wildman–Crippen LogP) is 6.33. The van der Waals surface area contributed by atoms with Crippen LogP contribution in [0.15, 0.2) is 54.6 Å². The molecule has 10 heteroatoms. The average molecular weight is 639 g/mol. The maximum atomic E-state index is 14.0. The van der Waals surface area contributed by atoms with Crippen LogP contribution in [0.3, 0.4) is 0 Å². The number of nitrogens with zero attached hydrogens (tertiary/aromatic N) is 3. The molecular weight excluding hydrogens is 601 g/mol. The zero-order chi connectivity index (χ0) is 31.0. The summed E-state index contributed by atoms with van der Waals surface area (Å²) in [5.74, 6) is 1.15. The Morgan fingerprint density at radius 3 is 2.41 bits per heavy atom. The smallest absolute Gasteiger partial charge is 0.254 e. The van der Waals surface area contributed by atoms with E-state index in [2.05, 4.69) is 40.8 Å². The summed E-state index contributed by atoms with van der Waals surface area (Å²) in [7, 11) is 6.78. The molecule has 4 aromatic rings. The normalized spacial score (nSPS) is 18.7. The van der Waals surface area contributed by atoms with E-state index < -0.39 is 5.60 Å². The minimum Gasteiger partial charge on any atom is -0.493 e. The maximum Gasteiger partial charge on any atom is 0.254 e. The molecule has 1 fully saturated rings. The number of aromatic nitrogens is 1. The van der Waals surface area contributed by atoms with Crippen molar-refractivity contribution >= 4 is 40.0 Å². The standard InChI is InChI=1S/C34H37Cl2N3O5/c1-37-28-8-6-5-7-24(28)25-20-38(13-11-29(25)37)14-12-34(23-9-10-26(35)27(36)19-23)21-39(15-16-44-34)33(40)22-17-30(41-2)32(43-4)31(18-22)42-3/h5-10,17-19H,11-16,20-21H2,1-4H3. The molecule has 6 rings (SSSR count). The monoisotopic (exact) mass is 637 g/mol. The number of ether oxygens (including phenoxy) is 4. The van der Waals surface area contributed by atoms with Crippen LogP contribution in [0.25, 0.3) is 10.9 Å². The lowest BCUT2D eigenvalue weighted by Gasteiger charge is -2.44. The molecular formula is C34H37Cl2N3O5. The van der Waals surface area contributed by atoms with E-state index in [1.807, 2.05) is 17.0 Å². The van der Waals surface area contributed by atoms with E-state index in [1.165, 1.54) is 36.4 Å². The number of benzene rings is 3. The summed E-state index contributed by atoms with van der Waals surface area (Å²) in [6, 6.07) is 17.6. The van der Waals surface area contributed by atoms with Crippen LogP contribution in [-0.4, -0.2) is 74.4 Å². The first-order valence-corrected chi connectivity index (χ1v) is 15.5. The van der Waals surface area contributed by atoms with Gasteiger partial charge in [0.15, 0.2) is 11.5 Å². The van der Waals surface area contributed by atoms with Gasteiger partial charge in [0.2, 0.25) is 5.75 Å². The van der Waals surface area contributed by atoms with E-state index in [-0.39, 0.29) is 5.91 Å². The Morgan fingerprint density at radius 1 is 0.955 bits per heavy atom. The van der Waals surface area contributed by atoms with E-state index in [1.54, 1.807) is 25.3 Å². The van der Waals surface area contributed by atoms with Crippen molar-refractivity contribution < 1.29 is 23.7 Å². The SMILES string of the molecule is COc1cc(C(=O)N2CCOC(CCN3CCc4c(c5ccccc5n4C)C3)(c3ccc(Cl)c(Cl)c3)C2)cc(OC)c1OC. The summed E-state index contributed by atoms with van der Waals surface area (Å²) in [6.45, 7) is 3.78. The molecule has 1 atom stereocenters. The number of methoxy groups -OCH3 is 3. The van der Waals surface area contributed by atoms with Crippen molar-refractivity contribution in [2.45, 2.75) is 25.0 Å². The first kappa shape index (κ1) is 30.6. The third-order valence-corrected chi connectivity index (χ3v) is 9.79. The quantitative estimate of drug-likeness (QED) is 0.225. The second-order valence-corrected chi connectivity index (χ2v) is 12.2. The molecule has 1 amide bonds. The van der Waals surface area contributed by atoms with Crippen molar-refractivity contribution in [3.8, 4) is 17.2 Å². The van der Waals surface area contributed by atoms with Crippen LogP contribution in [0, 0.1) is 0 Å². The highest BCUT2D eigenvalue weighted by molar-refractivity contribution is 6.42. The number of carbonyl (C=O) groups is 1. The summed E-state index contributed by atoms with van der Waals surface area (Å²) in [5.41, 5.74) is 4.63. The van der Waals surface area contributed by atoms with Gasteiger partial charge in [-0.3, -0.25) is 9.69 Å². The van der Waals surface area contributed by atoms with E-state index in [4.69, 9.17) is 42.1 Å². The van der Waals surface area contributed by atoms with Gasteiger partial charge in [0, 0.05) is 61.8 Å². The molecule has 2 aliphatic heterocycles. The van der Waals surface area contributed by atoms with Gasteiger partial charge in [-0.05, 0) is 47.9 Å². The number of hydrogen-bond acceptors (Lipinski definition) is 6. The summed E-state index contributed by atoms with van der Waals surface area (Å²) in [6.07, 6.45) is 1.65. The van der Waals surface area contributed by atoms with Crippen LogP contribution in [-0.2, 0) is 30.4 Å². The van der Waals surface area contributed by atoms with Gasteiger partial charge in [0.25, 0.3) is 5.91 Å². The third-order valence-electron chi connectivity index (χ3n) is 9.05. The summed E-state index contributed by atoms with van der Waals surface area (Å²) in [5, 5.41) is 2.25. The number of morpholine rings is 1. The molecule has 0 bridgehead atoms. The highest BCUT2D eigenvalue weighted by atomic mass is 35.5. The van der Waals surface area contributed by atoms with Crippen LogP contribution in [0.4, 0.5) is 0 Å². The lowest BCUT2D eigenvalue weighted by molar-refractivity contribution is -0.113. The number of rotatable bonds is 8. The van der Waals surface area contributed by atoms with E-state index in [0.29, 0.717) is 59.0 Å². The van der Waals surface area contributed by atoms with Gasteiger partial charge < -0.3 is 28.4 Å². The minimum atomic E-state index is -0.776. The number of carbonyl (C=O) groups excluding carboxylic acids is 1. The predicted molar refractivity (Wildman–Crippen MR) is 173 cm³/mol. The fourth-order valence-electron chi connectivity index (χ4n) is 6.71. The lowest BCUT2D eigenvalue weighted by Crippen LogP contribution is -2.53. The second kappa shape index (κ2) is 12.5. The Kier molecular flexibility index (Phi) is 8.70. The fourth-order valence-corrected chi connectivity index (χ4v) is 7.01. The lowest BCUT2D eigenvalue weighted by atomic mass is 9.87. The number of aryl methyl sites for hydroxylation is 1. The van der Waals surface area contributed by atoms with Gasteiger partial charge in [-0.1, -0.05) is 47.5 Å². The van der Waals surface area contributed by atoms with E-state index in [0.717, 1.165) is 31.6 Å². The van der Waals surface area contributed by atoms with Gasteiger partial charge in [-0.2, -0.15) is 0 Å². The first-order chi connectivity index (χ1) is 21.3. The van der Waals surface area contributed by atoms with Crippen LogP contribution in [0.2, 0.25) is 10.0 Å². The Bertz CT molecular complexity index is 1680. The molecule has 0 saturated carbocycles. The topological polar surface area (TPSA) is 65.4 Å². The van der Waals surface area contributed by atoms with Crippen molar-refractivity contribution in [3.05, 3.63) is 87.0 Å². The zero-order valence-electron chi connectivity index (χ0n) is 25.5. The van der Waals surface area contributed by atoms with Gasteiger partial charge in [-0.15, -0.1) is 0 Å². The fraction of sp³-hybridized carbons (Fsp3) is 0.382. The zero-order valence-corrected chi connectivity index (χ0v) is 27.0. The van der Waals surface area contributed by atoms with Crippen molar-refractivity contribution in [1.29, 1.82) is 0 Å². The molecule has 232 valence electrons. The molecule has 1 unspecified atom stereocenters. The summed E-state index contributed by atoms with van der Waals surface area (Å²) in [4.78, 5) is 18.3. The Labute approximate surface area is 267 Å². The van der Waals surface area contributed by atoms with Crippen molar-refractivity contribution in [2.75, 3.05) is 54.1 Å². The number of amides is 1. The molecule has 1 aromatic heterocycles. The molecule has 3 heterocycles. The van der Waals surface area contributed by atoms with Crippen LogP contribution in [0.5, 0.6) is 17.2 Å².